The smallest absolute Gasteiger partial charge is 0.0991 e. The van der Waals surface area contributed by atoms with E-state index in [1.54, 1.807) is 7.11 Å². The van der Waals surface area contributed by atoms with E-state index in [1.165, 1.54) is 39.8 Å². The molecule has 2 unspecified atom stereocenters. The molecule has 0 bridgehead atoms. The Morgan fingerprint density at radius 2 is 1.94 bits per heavy atom. The van der Waals surface area contributed by atoms with E-state index < -0.39 is 0 Å². The molecule has 33 heavy (non-hydrogen) atoms. The van der Waals surface area contributed by atoms with Crippen LogP contribution in [0.15, 0.2) is 59.6 Å². The van der Waals surface area contributed by atoms with Crippen LogP contribution in [0.2, 0.25) is 0 Å². The van der Waals surface area contributed by atoms with E-state index >= 15 is 0 Å². The zero-order valence-electron chi connectivity index (χ0n) is 19.6. The van der Waals surface area contributed by atoms with Crippen molar-refractivity contribution in [3.8, 4) is 6.07 Å². The number of nitrogens with zero attached hydrogens (tertiary/aromatic N) is 2. The highest BCUT2D eigenvalue weighted by molar-refractivity contribution is 6.04. The lowest BCUT2D eigenvalue weighted by molar-refractivity contribution is 0.234. The molecule has 0 N–H and O–H groups in total. The largest absolute Gasteiger partial charge is 0.381 e. The van der Waals surface area contributed by atoms with Gasteiger partial charge in [0.2, 0.25) is 0 Å². The second kappa shape index (κ2) is 8.96. The lowest BCUT2D eigenvalue weighted by Gasteiger charge is -2.20. The third-order valence-corrected chi connectivity index (χ3v) is 6.96. The van der Waals surface area contributed by atoms with E-state index in [0.717, 1.165) is 23.9 Å². The van der Waals surface area contributed by atoms with Crippen molar-refractivity contribution < 1.29 is 4.74 Å². The van der Waals surface area contributed by atoms with Gasteiger partial charge in [-0.2, -0.15) is 5.26 Å². The standard InChI is InChI=1S/C30H30N2O/c1-19(2)30-29-16-24(9-8-21(29)10-11-32-30)27-17-28(27)25-14-22(5-4-12-33-3)26-13-20(18-31)6-7-23(26)15-25/h4-9,13-16,19,27-28H,10-12,17H2,1-3H3/b5-4+. The average Bonchev–Trinajstić information content (AvgIpc) is 3.64. The van der Waals surface area contributed by atoms with Gasteiger partial charge in [-0.05, 0) is 87.4 Å². The predicted molar refractivity (Wildman–Crippen MR) is 136 cm³/mol. The Labute approximate surface area is 196 Å². The van der Waals surface area contributed by atoms with Gasteiger partial charge in [0.1, 0.15) is 0 Å². The molecule has 3 nitrogen and oxygen atoms in total. The van der Waals surface area contributed by atoms with E-state index in [0.29, 0.717) is 29.9 Å². The first-order chi connectivity index (χ1) is 16.1. The van der Waals surface area contributed by atoms with Crippen molar-refractivity contribution in [3.05, 3.63) is 88.0 Å². The first kappa shape index (κ1) is 21.6. The summed E-state index contributed by atoms with van der Waals surface area (Å²) in [5.74, 6) is 1.53. The van der Waals surface area contributed by atoms with Gasteiger partial charge in [0.15, 0.2) is 0 Å². The third-order valence-electron chi connectivity index (χ3n) is 6.96. The fourth-order valence-corrected chi connectivity index (χ4v) is 5.19. The first-order valence-corrected chi connectivity index (χ1v) is 11.9. The summed E-state index contributed by atoms with van der Waals surface area (Å²) < 4.78 is 5.21. The van der Waals surface area contributed by atoms with Crippen LogP contribution in [0.25, 0.3) is 16.8 Å². The molecule has 3 heteroatoms. The molecule has 1 saturated carbocycles. The maximum atomic E-state index is 9.36. The van der Waals surface area contributed by atoms with Crippen LogP contribution in [0.3, 0.4) is 0 Å². The van der Waals surface area contributed by atoms with Gasteiger partial charge in [0, 0.05) is 19.4 Å². The molecule has 0 aromatic heterocycles. The highest BCUT2D eigenvalue weighted by atomic mass is 16.5. The molecule has 3 aromatic carbocycles. The van der Waals surface area contributed by atoms with Gasteiger partial charge in [-0.1, -0.05) is 56.3 Å². The Kier molecular flexibility index (Phi) is 5.87. The summed E-state index contributed by atoms with van der Waals surface area (Å²) >= 11 is 0. The lowest BCUT2D eigenvalue weighted by Crippen LogP contribution is -2.18. The van der Waals surface area contributed by atoms with Crippen LogP contribution in [-0.4, -0.2) is 26.0 Å². The fraction of sp³-hybridized carbons (Fsp3) is 0.333. The molecule has 0 spiro atoms. The van der Waals surface area contributed by atoms with E-state index in [9.17, 15) is 5.26 Å². The highest BCUT2D eigenvalue weighted by Crippen LogP contribution is 2.55. The molecule has 1 heterocycles. The number of benzene rings is 3. The SMILES string of the molecule is COC/C=C/c1cc(C2CC2c2ccc3c(c2)C(C(C)C)=NCC3)cc2ccc(C#N)cc12. The van der Waals surface area contributed by atoms with Gasteiger partial charge in [0.25, 0.3) is 0 Å². The van der Waals surface area contributed by atoms with Gasteiger partial charge >= 0.3 is 0 Å². The molecule has 5 rings (SSSR count). The van der Waals surface area contributed by atoms with Gasteiger partial charge in [0.05, 0.1) is 18.2 Å². The molecule has 0 saturated heterocycles. The maximum absolute atomic E-state index is 9.36. The van der Waals surface area contributed by atoms with Crippen LogP contribution in [0.4, 0.5) is 0 Å². The van der Waals surface area contributed by atoms with Crippen molar-refractivity contribution in [2.24, 2.45) is 10.9 Å². The van der Waals surface area contributed by atoms with Crippen molar-refractivity contribution in [3.63, 3.8) is 0 Å². The molecule has 1 aliphatic heterocycles. The molecule has 3 aromatic rings. The summed E-state index contributed by atoms with van der Waals surface area (Å²) in [6.45, 7) is 5.97. The summed E-state index contributed by atoms with van der Waals surface area (Å²) in [6, 6.07) is 20.0. The average molecular weight is 435 g/mol. The summed E-state index contributed by atoms with van der Waals surface area (Å²) in [7, 11) is 1.70. The zero-order valence-corrected chi connectivity index (χ0v) is 19.6. The number of rotatable bonds is 6. The minimum Gasteiger partial charge on any atom is -0.381 e. The van der Waals surface area contributed by atoms with Crippen LogP contribution >= 0.6 is 0 Å². The van der Waals surface area contributed by atoms with Crippen molar-refractivity contribution in [2.75, 3.05) is 20.3 Å². The molecule has 1 aliphatic carbocycles. The quantitative estimate of drug-likeness (QED) is 0.436. The van der Waals surface area contributed by atoms with Crippen LogP contribution < -0.4 is 0 Å². The Balaban J connectivity index is 1.49. The summed E-state index contributed by atoms with van der Waals surface area (Å²) in [5.41, 5.74) is 8.74. The van der Waals surface area contributed by atoms with E-state index in [-0.39, 0.29) is 0 Å². The van der Waals surface area contributed by atoms with Gasteiger partial charge in [-0.3, -0.25) is 4.99 Å². The van der Waals surface area contributed by atoms with Crippen molar-refractivity contribution in [2.45, 2.75) is 38.5 Å². The van der Waals surface area contributed by atoms with Gasteiger partial charge in [-0.25, -0.2) is 0 Å². The second-order valence-corrected chi connectivity index (χ2v) is 9.55. The Bertz CT molecular complexity index is 1310. The Morgan fingerprint density at radius 3 is 2.73 bits per heavy atom. The molecule has 2 aliphatic rings. The number of hydrogen-bond acceptors (Lipinski definition) is 3. The molecule has 0 radical (unpaired) electrons. The number of methoxy groups -OCH3 is 1. The fourth-order valence-electron chi connectivity index (χ4n) is 5.19. The third kappa shape index (κ3) is 4.24. The van der Waals surface area contributed by atoms with E-state index in [1.807, 2.05) is 18.2 Å². The van der Waals surface area contributed by atoms with Crippen LogP contribution in [0.1, 0.15) is 65.5 Å². The lowest BCUT2D eigenvalue weighted by atomic mass is 9.89. The van der Waals surface area contributed by atoms with Crippen LogP contribution in [0, 0.1) is 17.2 Å². The maximum Gasteiger partial charge on any atom is 0.0991 e. The zero-order chi connectivity index (χ0) is 22.9. The Morgan fingerprint density at radius 1 is 1.09 bits per heavy atom. The van der Waals surface area contributed by atoms with E-state index in [4.69, 9.17) is 9.73 Å². The molecule has 0 amide bonds. The van der Waals surface area contributed by atoms with Gasteiger partial charge < -0.3 is 4.74 Å². The van der Waals surface area contributed by atoms with Crippen molar-refractivity contribution in [1.29, 1.82) is 5.26 Å². The van der Waals surface area contributed by atoms with E-state index in [2.05, 4.69) is 62.4 Å². The first-order valence-electron chi connectivity index (χ1n) is 11.9. The number of ether oxygens (including phenoxy) is 1. The van der Waals surface area contributed by atoms with Crippen molar-refractivity contribution in [1.82, 2.24) is 0 Å². The number of aliphatic imine (C=N–C) groups is 1. The monoisotopic (exact) mass is 434 g/mol. The summed E-state index contributed by atoms with van der Waals surface area (Å²) in [4.78, 5) is 4.84. The summed E-state index contributed by atoms with van der Waals surface area (Å²) in [5, 5.41) is 11.7. The highest BCUT2D eigenvalue weighted by Gasteiger charge is 2.40. The molecule has 1 fully saturated rings. The topological polar surface area (TPSA) is 45.4 Å². The number of hydrogen-bond donors (Lipinski definition) is 0. The predicted octanol–water partition coefficient (Wildman–Crippen LogP) is 6.64. The van der Waals surface area contributed by atoms with Crippen LogP contribution in [-0.2, 0) is 11.2 Å². The minimum atomic E-state index is 0.453. The number of nitriles is 1. The van der Waals surface area contributed by atoms with Gasteiger partial charge in [-0.15, -0.1) is 0 Å². The second-order valence-electron chi connectivity index (χ2n) is 9.55. The number of fused-ring (bicyclic) bond motifs is 2. The Hall–Kier alpha value is -3.22. The molecular formula is C30H30N2O. The molecular weight excluding hydrogens is 404 g/mol. The molecule has 166 valence electrons. The van der Waals surface area contributed by atoms with Crippen LogP contribution in [0.5, 0.6) is 0 Å². The van der Waals surface area contributed by atoms with Crippen molar-refractivity contribution >= 4 is 22.6 Å². The summed E-state index contributed by atoms with van der Waals surface area (Å²) in [6.07, 6.45) is 6.39. The molecule has 2 atom stereocenters. The minimum absolute atomic E-state index is 0.453. The normalized spacial score (nSPS) is 19.5.